The zero-order valence-electron chi connectivity index (χ0n) is 13.7. The molecule has 1 unspecified atom stereocenters. The van der Waals surface area contributed by atoms with Crippen molar-refractivity contribution in [1.29, 1.82) is 0 Å². The summed E-state index contributed by atoms with van der Waals surface area (Å²) in [6.45, 7) is 1.57. The largest absolute Gasteiger partial charge is 0.496 e. The molecule has 0 bridgehead atoms. The first kappa shape index (κ1) is 16.5. The van der Waals surface area contributed by atoms with Gasteiger partial charge in [0.25, 0.3) is 0 Å². The van der Waals surface area contributed by atoms with Gasteiger partial charge in [-0.3, -0.25) is 14.9 Å². The van der Waals surface area contributed by atoms with Gasteiger partial charge in [-0.1, -0.05) is 18.2 Å². The van der Waals surface area contributed by atoms with Crippen molar-refractivity contribution in [1.82, 2.24) is 4.98 Å². The maximum Gasteiger partial charge on any atom is 0.314 e. The van der Waals surface area contributed by atoms with Gasteiger partial charge >= 0.3 is 5.69 Å². The average molecular weight is 340 g/mol. The Hall–Kier alpha value is -3.35. The van der Waals surface area contributed by atoms with E-state index in [4.69, 9.17) is 9.47 Å². The number of benzene rings is 2. The number of hydrogen-bond donors (Lipinski definition) is 1. The summed E-state index contributed by atoms with van der Waals surface area (Å²) in [5, 5.41) is 12.0. The Morgan fingerprint density at radius 1 is 1.24 bits per heavy atom. The number of H-pyrrole nitrogens is 1. The van der Waals surface area contributed by atoms with E-state index in [1.54, 1.807) is 19.2 Å². The second-order valence-corrected chi connectivity index (χ2v) is 5.46. The van der Waals surface area contributed by atoms with Gasteiger partial charge in [0.05, 0.1) is 18.1 Å². The predicted molar refractivity (Wildman–Crippen MR) is 92.4 cm³/mol. The molecule has 0 fully saturated rings. The molecule has 1 heterocycles. The Labute approximate surface area is 143 Å². The van der Waals surface area contributed by atoms with Gasteiger partial charge in [-0.25, -0.2) is 0 Å². The van der Waals surface area contributed by atoms with Crippen LogP contribution in [0.2, 0.25) is 0 Å². The first-order valence-corrected chi connectivity index (χ1v) is 7.60. The smallest absolute Gasteiger partial charge is 0.314 e. The molecule has 0 aliphatic heterocycles. The summed E-state index contributed by atoms with van der Waals surface area (Å²) in [6.07, 6.45) is 0.737. The highest BCUT2D eigenvalue weighted by atomic mass is 16.6. The van der Waals surface area contributed by atoms with Crippen molar-refractivity contribution in [2.75, 3.05) is 7.11 Å². The van der Waals surface area contributed by atoms with Crippen LogP contribution in [-0.2, 0) is 0 Å². The normalized spacial score (nSPS) is 11.9. The summed E-state index contributed by atoms with van der Waals surface area (Å²) in [4.78, 5) is 26.4. The molecule has 1 atom stereocenters. The number of nitrogens with zero attached hydrogens (tertiary/aromatic N) is 1. The van der Waals surface area contributed by atoms with Gasteiger partial charge in [0.15, 0.2) is 11.9 Å². The molecule has 0 radical (unpaired) electrons. The molecule has 7 heteroatoms. The summed E-state index contributed by atoms with van der Waals surface area (Å²) < 4.78 is 10.6. The number of methoxy groups -OCH3 is 1. The summed E-state index contributed by atoms with van der Waals surface area (Å²) >= 11 is 0. The summed E-state index contributed by atoms with van der Waals surface area (Å²) in [5.74, 6) is 0.101. The monoisotopic (exact) mass is 340 g/mol. The minimum absolute atomic E-state index is 0.0199. The van der Waals surface area contributed by atoms with Gasteiger partial charge in [-0.2, -0.15) is 0 Å². The maximum atomic E-state index is 12.7. The molecule has 25 heavy (non-hydrogen) atoms. The number of para-hydroxylation sites is 1. The Morgan fingerprint density at radius 3 is 2.72 bits per heavy atom. The minimum atomic E-state index is -0.883. The van der Waals surface area contributed by atoms with Crippen molar-refractivity contribution in [3.05, 3.63) is 64.3 Å². The van der Waals surface area contributed by atoms with Crippen LogP contribution in [0.4, 0.5) is 5.69 Å². The van der Waals surface area contributed by atoms with E-state index in [0.717, 1.165) is 10.9 Å². The van der Waals surface area contributed by atoms with Crippen LogP contribution < -0.4 is 9.47 Å². The number of hydrogen-bond acceptors (Lipinski definition) is 5. The number of Topliss-reactive ketones (excluding diaryl/α,β-unsaturated/α-hetero) is 1. The summed E-state index contributed by atoms with van der Waals surface area (Å²) in [6, 6.07) is 11.6. The van der Waals surface area contributed by atoms with Gasteiger partial charge in [0.1, 0.15) is 5.75 Å². The van der Waals surface area contributed by atoms with Crippen LogP contribution in [0.3, 0.4) is 0 Å². The number of ether oxygens (including phenoxy) is 2. The number of rotatable bonds is 6. The number of fused-ring (bicyclic) bond motifs is 1. The molecule has 3 aromatic rings. The van der Waals surface area contributed by atoms with Crippen molar-refractivity contribution in [3.8, 4) is 11.5 Å². The summed E-state index contributed by atoms with van der Waals surface area (Å²) in [7, 11) is 1.42. The fraction of sp³-hybridized carbons (Fsp3) is 0.167. The van der Waals surface area contributed by atoms with E-state index in [1.807, 2.05) is 24.3 Å². The van der Waals surface area contributed by atoms with Crippen LogP contribution in [0.1, 0.15) is 17.3 Å². The molecule has 0 amide bonds. The van der Waals surface area contributed by atoms with E-state index in [1.165, 1.54) is 19.2 Å². The predicted octanol–water partition coefficient (Wildman–Crippen LogP) is 3.73. The molecule has 1 aromatic heterocycles. The van der Waals surface area contributed by atoms with Crippen LogP contribution in [0.25, 0.3) is 10.9 Å². The fourth-order valence-corrected chi connectivity index (χ4v) is 2.60. The van der Waals surface area contributed by atoms with E-state index < -0.39 is 11.0 Å². The number of aromatic nitrogens is 1. The van der Waals surface area contributed by atoms with Gasteiger partial charge < -0.3 is 14.5 Å². The highest BCUT2D eigenvalue weighted by Gasteiger charge is 2.24. The number of nitrogens with one attached hydrogen (secondary N) is 1. The van der Waals surface area contributed by atoms with Crippen molar-refractivity contribution < 1.29 is 19.2 Å². The van der Waals surface area contributed by atoms with Crippen LogP contribution >= 0.6 is 0 Å². The van der Waals surface area contributed by atoms with Crippen LogP contribution in [0.5, 0.6) is 11.5 Å². The Bertz CT molecular complexity index is 948. The van der Waals surface area contributed by atoms with Crippen LogP contribution in [-0.4, -0.2) is 28.9 Å². The molecule has 1 N–H and O–H groups in total. The first-order chi connectivity index (χ1) is 12.0. The average Bonchev–Trinajstić information content (AvgIpc) is 3.05. The molecule has 7 nitrogen and oxygen atoms in total. The quantitative estimate of drug-likeness (QED) is 0.419. The lowest BCUT2D eigenvalue weighted by atomic mass is 10.1. The van der Waals surface area contributed by atoms with Gasteiger partial charge in [0.2, 0.25) is 5.78 Å². The standard InChI is InChI=1S/C18H16N2O5/c1-11(18(21)14-10-19-15-6-4-3-5-13(14)15)25-17-8-7-12(24-2)9-16(17)20(22)23/h3-11,19H,1-2H3. The number of nitro benzene ring substituents is 1. The molecule has 0 saturated heterocycles. The highest BCUT2D eigenvalue weighted by molar-refractivity contribution is 6.09. The fourth-order valence-electron chi connectivity index (χ4n) is 2.60. The SMILES string of the molecule is COc1ccc(OC(C)C(=O)c2c[nH]c3ccccc23)c([N+](=O)[O-])c1. The van der Waals surface area contributed by atoms with Crippen LogP contribution in [0.15, 0.2) is 48.7 Å². The topological polar surface area (TPSA) is 94.5 Å². The minimum Gasteiger partial charge on any atom is -0.496 e. The van der Waals surface area contributed by atoms with Crippen molar-refractivity contribution in [3.63, 3.8) is 0 Å². The lowest BCUT2D eigenvalue weighted by Gasteiger charge is -2.14. The number of carbonyl (C=O) groups excluding carboxylic acids is 1. The Morgan fingerprint density at radius 2 is 2.00 bits per heavy atom. The van der Waals surface area contributed by atoms with E-state index in [0.29, 0.717) is 11.3 Å². The van der Waals surface area contributed by atoms with Crippen LogP contribution in [0, 0.1) is 10.1 Å². The first-order valence-electron chi connectivity index (χ1n) is 7.60. The number of ketones is 1. The third kappa shape index (κ3) is 3.16. The Kier molecular flexibility index (Phi) is 4.38. The summed E-state index contributed by atoms with van der Waals surface area (Å²) in [5.41, 5.74) is 1.07. The van der Waals surface area contributed by atoms with Gasteiger partial charge in [0, 0.05) is 22.7 Å². The zero-order valence-corrected chi connectivity index (χ0v) is 13.7. The van der Waals surface area contributed by atoms with Crippen molar-refractivity contribution in [2.24, 2.45) is 0 Å². The molecular weight excluding hydrogens is 324 g/mol. The number of nitro groups is 1. The number of carbonyl (C=O) groups is 1. The second kappa shape index (κ2) is 6.64. The molecular formula is C18H16N2O5. The highest BCUT2D eigenvalue weighted by Crippen LogP contribution is 2.32. The lowest BCUT2D eigenvalue weighted by Crippen LogP contribution is -2.24. The van der Waals surface area contributed by atoms with E-state index in [2.05, 4.69) is 4.98 Å². The lowest BCUT2D eigenvalue weighted by molar-refractivity contribution is -0.386. The molecule has 3 rings (SSSR count). The Balaban J connectivity index is 1.88. The molecule has 0 aliphatic rings. The van der Waals surface area contributed by atoms with Crippen molar-refractivity contribution in [2.45, 2.75) is 13.0 Å². The second-order valence-electron chi connectivity index (χ2n) is 5.46. The third-order valence-electron chi connectivity index (χ3n) is 3.89. The third-order valence-corrected chi connectivity index (χ3v) is 3.89. The van der Waals surface area contributed by atoms with E-state index in [-0.39, 0.29) is 17.2 Å². The molecule has 0 saturated carbocycles. The van der Waals surface area contributed by atoms with Crippen molar-refractivity contribution >= 4 is 22.4 Å². The molecule has 0 aliphatic carbocycles. The van der Waals surface area contributed by atoms with Gasteiger partial charge in [-0.15, -0.1) is 0 Å². The maximum absolute atomic E-state index is 12.7. The van der Waals surface area contributed by atoms with Gasteiger partial charge in [-0.05, 0) is 25.1 Å². The van der Waals surface area contributed by atoms with E-state index in [9.17, 15) is 14.9 Å². The molecule has 0 spiro atoms. The zero-order chi connectivity index (χ0) is 18.0. The van der Waals surface area contributed by atoms with E-state index >= 15 is 0 Å². The molecule has 128 valence electrons. The number of aromatic amines is 1. The molecule has 2 aromatic carbocycles.